The second-order valence-electron chi connectivity index (χ2n) is 5.78. The number of rotatable bonds is 2. The molecule has 0 spiro atoms. The molecule has 0 atom stereocenters. The molecule has 3 nitrogen and oxygen atoms in total. The maximum atomic E-state index is 10.8. The molecule has 0 unspecified atom stereocenters. The molecule has 0 radical (unpaired) electrons. The molecule has 22 heavy (non-hydrogen) atoms. The Morgan fingerprint density at radius 1 is 1.14 bits per heavy atom. The van der Waals surface area contributed by atoms with E-state index in [9.17, 15) is 4.79 Å². The van der Waals surface area contributed by atoms with Gasteiger partial charge in [-0.15, -0.1) is 0 Å². The fourth-order valence-corrected chi connectivity index (χ4v) is 2.65. The molecule has 0 N–H and O–H groups in total. The highest BCUT2D eigenvalue weighted by Crippen LogP contribution is 2.24. The number of fused-ring (bicyclic) bond motifs is 1. The summed E-state index contributed by atoms with van der Waals surface area (Å²) in [6, 6.07) is 8.75. The first-order chi connectivity index (χ1) is 10.5. The van der Waals surface area contributed by atoms with Crippen molar-refractivity contribution in [3.8, 4) is 0 Å². The number of ketones is 1. The summed E-state index contributed by atoms with van der Waals surface area (Å²) >= 11 is 0. The Labute approximate surface area is 132 Å². The predicted molar refractivity (Wildman–Crippen MR) is 90.1 cm³/mol. The fourth-order valence-electron chi connectivity index (χ4n) is 2.65. The first-order valence-corrected chi connectivity index (χ1v) is 7.77. The Hall–Kier alpha value is -2.16. The lowest BCUT2D eigenvalue weighted by Crippen LogP contribution is -2.05. The van der Waals surface area contributed by atoms with E-state index in [1.54, 1.807) is 23.5 Å². The van der Waals surface area contributed by atoms with Crippen LogP contribution in [-0.4, -0.2) is 15.3 Å². The zero-order valence-electron chi connectivity index (χ0n) is 13.9. The Kier molecular flexibility index (Phi) is 5.31. The van der Waals surface area contributed by atoms with Crippen molar-refractivity contribution in [2.45, 2.75) is 47.1 Å². The molecular weight excluding hydrogens is 272 g/mol. The highest BCUT2D eigenvalue weighted by molar-refractivity contribution is 5.90. The number of aryl methyl sites for hydroxylation is 1. The number of benzene rings is 1. The van der Waals surface area contributed by atoms with Crippen LogP contribution in [0.1, 0.15) is 49.4 Å². The topological polar surface area (TPSA) is 34.9 Å². The standard InChI is InChI=1S/C12H14.C7H10N2O/c1-9-7-11-5-3-4-6-12(11)8-10(9)2;1-3-9-5-4-8-7(9)6(2)10/h3-6H,7-8H2,1-2H3;4-5H,3H2,1-2H3. The van der Waals surface area contributed by atoms with Crippen LogP contribution in [-0.2, 0) is 19.4 Å². The maximum Gasteiger partial charge on any atom is 0.195 e. The van der Waals surface area contributed by atoms with Crippen LogP contribution in [0.5, 0.6) is 0 Å². The summed E-state index contributed by atoms with van der Waals surface area (Å²) < 4.78 is 1.82. The largest absolute Gasteiger partial charge is 0.329 e. The van der Waals surface area contributed by atoms with E-state index in [-0.39, 0.29) is 5.78 Å². The van der Waals surface area contributed by atoms with Crippen LogP contribution < -0.4 is 0 Å². The van der Waals surface area contributed by atoms with Gasteiger partial charge < -0.3 is 4.57 Å². The number of allylic oxidation sites excluding steroid dienone is 2. The fraction of sp³-hybridized carbons (Fsp3) is 0.368. The van der Waals surface area contributed by atoms with Crippen LogP contribution in [0.4, 0.5) is 0 Å². The SMILES string of the molecule is CC1=C(C)Cc2ccccc2C1.CCn1ccnc1C(C)=O. The average molecular weight is 296 g/mol. The van der Waals surface area contributed by atoms with Gasteiger partial charge in [0, 0.05) is 25.9 Å². The second-order valence-corrected chi connectivity index (χ2v) is 5.78. The molecule has 1 aliphatic rings. The minimum Gasteiger partial charge on any atom is -0.329 e. The molecule has 3 rings (SSSR count). The van der Waals surface area contributed by atoms with Gasteiger partial charge in [0.15, 0.2) is 11.6 Å². The van der Waals surface area contributed by atoms with E-state index in [2.05, 4.69) is 43.1 Å². The number of Topliss-reactive ketones (excluding diaryl/α,β-unsaturated/α-hetero) is 1. The molecule has 0 bridgehead atoms. The average Bonchev–Trinajstić information content (AvgIpc) is 2.98. The molecule has 1 aromatic carbocycles. The number of carbonyl (C=O) groups is 1. The lowest BCUT2D eigenvalue weighted by Gasteiger charge is -2.18. The van der Waals surface area contributed by atoms with Gasteiger partial charge in [0.05, 0.1) is 0 Å². The Bertz CT molecular complexity index is 662. The van der Waals surface area contributed by atoms with E-state index in [4.69, 9.17) is 0 Å². The lowest BCUT2D eigenvalue weighted by atomic mass is 9.88. The van der Waals surface area contributed by atoms with Crippen molar-refractivity contribution in [2.75, 3.05) is 0 Å². The second kappa shape index (κ2) is 7.21. The first kappa shape index (κ1) is 16.2. The Morgan fingerprint density at radius 2 is 1.68 bits per heavy atom. The zero-order valence-corrected chi connectivity index (χ0v) is 13.9. The van der Waals surface area contributed by atoms with Crippen molar-refractivity contribution in [3.63, 3.8) is 0 Å². The van der Waals surface area contributed by atoms with Gasteiger partial charge in [0.25, 0.3) is 0 Å². The van der Waals surface area contributed by atoms with Gasteiger partial charge in [-0.3, -0.25) is 4.79 Å². The van der Waals surface area contributed by atoms with Crippen LogP contribution in [0.15, 0.2) is 47.8 Å². The number of aromatic nitrogens is 2. The predicted octanol–water partition coefficient (Wildman–Crippen LogP) is 4.23. The third-order valence-corrected chi connectivity index (χ3v) is 4.13. The molecule has 0 saturated heterocycles. The quantitative estimate of drug-likeness (QED) is 0.614. The number of hydrogen-bond donors (Lipinski definition) is 0. The highest BCUT2D eigenvalue weighted by Gasteiger charge is 2.10. The van der Waals surface area contributed by atoms with Crippen LogP contribution in [0.2, 0.25) is 0 Å². The van der Waals surface area contributed by atoms with Gasteiger partial charge in [-0.2, -0.15) is 0 Å². The van der Waals surface area contributed by atoms with Gasteiger partial charge in [-0.1, -0.05) is 35.4 Å². The third-order valence-electron chi connectivity index (χ3n) is 4.13. The van der Waals surface area contributed by atoms with E-state index in [1.807, 2.05) is 11.5 Å². The summed E-state index contributed by atoms with van der Waals surface area (Å²) in [4.78, 5) is 14.7. The van der Waals surface area contributed by atoms with Gasteiger partial charge in [-0.25, -0.2) is 4.98 Å². The van der Waals surface area contributed by atoms with E-state index >= 15 is 0 Å². The third kappa shape index (κ3) is 3.73. The minimum absolute atomic E-state index is 0.0202. The molecule has 0 saturated carbocycles. The maximum absolute atomic E-state index is 10.8. The van der Waals surface area contributed by atoms with E-state index in [1.165, 1.54) is 18.1 Å². The van der Waals surface area contributed by atoms with Crippen molar-refractivity contribution >= 4 is 5.78 Å². The van der Waals surface area contributed by atoms with Crippen molar-refractivity contribution in [1.82, 2.24) is 9.55 Å². The van der Waals surface area contributed by atoms with E-state index in [0.29, 0.717) is 5.82 Å². The van der Waals surface area contributed by atoms with Gasteiger partial charge in [0.2, 0.25) is 0 Å². The summed E-state index contributed by atoms with van der Waals surface area (Å²) in [7, 11) is 0. The first-order valence-electron chi connectivity index (χ1n) is 7.77. The van der Waals surface area contributed by atoms with Crippen LogP contribution in [0.25, 0.3) is 0 Å². The molecule has 116 valence electrons. The highest BCUT2D eigenvalue weighted by atomic mass is 16.1. The van der Waals surface area contributed by atoms with Gasteiger partial charge in [-0.05, 0) is 44.7 Å². The zero-order chi connectivity index (χ0) is 16.1. The van der Waals surface area contributed by atoms with Crippen LogP contribution in [0.3, 0.4) is 0 Å². The van der Waals surface area contributed by atoms with Crippen LogP contribution in [0, 0.1) is 0 Å². The summed E-state index contributed by atoms with van der Waals surface area (Å²) in [5.41, 5.74) is 6.13. The van der Waals surface area contributed by atoms with E-state index < -0.39 is 0 Å². The minimum atomic E-state index is 0.0202. The molecule has 1 heterocycles. The van der Waals surface area contributed by atoms with Crippen molar-refractivity contribution in [1.29, 1.82) is 0 Å². The summed E-state index contributed by atoms with van der Waals surface area (Å²) in [5.74, 6) is 0.564. The summed E-state index contributed by atoms with van der Waals surface area (Å²) in [6.07, 6.45) is 5.75. The van der Waals surface area contributed by atoms with Crippen molar-refractivity contribution in [3.05, 3.63) is 64.8 Å². The Morgan fingerprint density at radius 3 is 2.09 bits per heavy atom. The smallest absolute Gasteiger partial charge is 0.195 e. The Balaban J connectivity index is 0.000000164. The number of nitrogens with zero attached hydrogens (tertiary/aromatic N) is 2. The van der Waals surface area contributed by atoms with Gasteiger partial charge >= 0.3 is 0 Å². The number of imidazole rings is 1. The molecule has 1 aliphatic carbocycles. The molecular formula is C19H24N2O. The van der Waals surface area contributed by atoms with Crippen molar-refractivity contribution in [2.24, 2.45) is 0 Å². The summed E-state index contributed by atoms with van der Waals surface area (Å²) in [6.45, 7) is 8.79. The molecule has 0 fully saturated rings. The number of carbonyl (C=O) groups excluding carboxylic acids is 1. The lowest BCUT2D eigenvalue weighted by molar-refractivity contribution is 0.0999. The molecule has 3 heteroatoms. The molecule has 0 amide bonds. The normalized spacial score (nSPS) is 13.3. The van der Waals surface area contributed by atoms with Crippen LogP contribution >= 0.6 is 0 Å². The number of hydrogen-bond acceptors (Lipinski definition) is 2. The molecule has 2 aromatic rings. The van der Waals surface area contributed by atoms with Crippen molar-refractivity contribution < 1.29 is 4.79 Å². The summed E-state index contributed by atoms with van der Waals surface area (Å²) in [5, 5.41) is 0. The monoisotopic (exact) mass is 296 g/mol. The van der Waals surface area contributed by atoms with Gasteiger partial charge in [0.1, 0.15) is 0 Å². The molecule has 0 aliphatic heterocycles. The van der Waals surface area contributed by atoms with E-state index in [0.717, 1.165) is 19.4 Å². The molecule has 1 aromatic heterocycles.